The molecular weight excluding hydrogens is 326 g/mol. The first-order chi connectivity index (χ1) is 10.1. The van der Waals surface area contributed by atoms with Crippen LogP contribution in [0.1, 0.15) is 23.6 Å². The summed E-state index contributed by atoms with van der Waals surface area (Å²) in [4.78, 5) is 6.78. The van der Waals surface area contributed by atoms with E-state index in [4.69, 9.17) is 0 Å². The number of hydrogen-bond acceptors (Lipinski definition) is 3. The molecule has 2 rings (SSSR count). The van der Waals surface area contributed by atoms with E-state index in [-0.39, 0.29) is 0 Å². The van der Waals surface area contributed by atoms with Crippen molar-refractivity contribution in [2.24, 2.45) is 0 Å². The standard InChI is InChI=1S/C17H22BrN3/c1-4-19-10-15-9-16(18)11-20-17(15)21(3)12-14-7-5-13(2)6-8-14/h5-9,11,19H,4,10,12H2,1-3H3. The number of anilines is 1. The highest BCUT2D eigenvalue weighted by Gasteiger charge is 2.10. The Morgan fingerprint density at radius 1 is 1.24 bits per heavy atom. The summed E-state index contributed by atoms with van der Waals surface area (Å²) < 4.78 is 1.02. The third kappa shape index (κ3) is 4.55. The van der Waals surface area contributed by atoms with E-state index >= 15 is 0 Å². The number of pyridine rings is 1. The maximum atomic E-state index is 4.58. The SMILES string of the molecule is CCNCc1cc(Br)cnc1N(C)Cc1ccc(C)cc1. The lowest BCUT2D eigenvalue weighted by atomic mass is 10.1. The number of aryl methyl sites for hydroxylation is 1. The molecule has 112 valence electrons. The van der Waals surface area contributed by atoms with Crippen LogP contribution >= 0.6 is 15.9 Å². The molecule has 21 heavy (non-hydrogen) atoms. The first-order valence-electron chi connectivity index (χ1n) is 7.22. The van der Waals surface area contributed by atoms with E-state index in [1.165, 1.54) is 16.7 Å². The Bertz CT molecular complexity index is 581. The zero-order chi connectivity index (χ0) is 15.2. The normalized spacial score (nSPS) is 10.7. The Balaban J connectivity index is 2.17. The fraction of sp³-hybridized carbons (Fsp3) is 0.353. The average Bonchev–Trinajstić information content (AvgIpc) is 2.47. The van der Waals surface area contributed by atoms with Crippen LogP contribution < -0.4 is 10.2 Å². The lowest BCUT2D eigenvalue weighted by Crippen LogP contribution is -2.22. The van der Waals surface area contributed by atoms with Crippen molar-refractivity contribution < 1.29 is 0 Å². The highest BCUT2D eigenvalue weighted by molar-refractivity contribution is 9.10. The van der Waals surface area contributed by atoms with E-state index in [9.17, 15) is 0 Å². The zero-order valence-corrected chi connectivity index (χ0v) is 14.4. The highest BCUT2D eigenvalue weighted by Crippen LogP contribution is 2.22. The van der Waals surface area contributed by atoms with Gasteiger partial charge in [0.1, 0.15) is 5.82 Å². The molecule has 0 fully saturated rings. The number of hydrogen-bond donors (Lipinski definition) is 1. The van der Waals surface area contributed by atoms with E-state index in [1.54, 1.807) is 0 Å². The predicted molar refractivity (Wildman–Crippen MR) is 92.6 cm³/mol. The van der Waals surface area contributed by atoms with Crippen molar-refractivity contribution in [2.45, 2.75) is 26.9 Å². The molecule has 3 nitrogen and oxygen atoms in total. The lowest BCUT2D eigenvalue weighted by molar-refractivity contribution is 0.718. The Morgan fingerprint density at radius 2 is 1.95 bits per heavy atom. The second-order valence-electron chi connectivity index (χ2n) is 5.26. The largest absolute Gasteiger partial charge is 0.355 e. The zero-order valence-electron chi connectivity index (χ0n) is 12.9. The molecule has 0 saturated heterocycles. The lowest BCUT2D eigenvalue weighted by Gasteiger charge is -2.22. The van der Waals surface area contributed by atoms with E-state index < -0.39 is 0 Å². The third-order valence-electron chi connectivity index (χ3n) is 3.38. The minimum atomic E-state index is 0.830. The smallest absolute Gasteiger partial charge is 0.133 e. The Kier molecular flexibility index (Phi) is 5.76. The van der Waals surface area contributed by atoms with Crippen molar-refractivity contribution in [2.75, 3.05) is 18.5 Å². The quantitative estimate of drug-likeness (QED) is 0.858. The number of aromatic nitrogens is 1. The average molecular weight is 348 g/mol. The molecule has 0 spiro atoms. The molecule has 0 radical (unpaired) electrons. The van der Waals surface area contributed by atoms with E-state index in [2.05, 4.69) is 82.4 Å². The van der Waals surface area contributed by atoms with Crippen LogP contribution in [0.2, 0.25) is 0 Å². The van der Waals surface area contributed by atoms with Crippen LogP contribution in [0.25, 0.3) is 0 Å². The molecule has 1 aromatic carbocycles. The molecule has 1 N–H and O–H groups in total. The molecule has 0 amide bonds. The van der Waals surface area contributed by atoms with E-state index in [0.29, 0.717) is 0 Å². The summed E-state index contributed by atoms with van der Waals surface area (Å²) in [6, 6.07) is 10.8. The van der Waals surface area contributed by atoms with Gasteiger partial charge in [0, 0.05) is 36.4 Å². The topological polar surface area (TPSA) is 28.2 Å². The van der Waals surface area contributed by atoms with Gasteiger partial charge in [-0.2, -0.15) is 0 Å². The fourth-order valence-corrected chi connectivity index (χ4v) is 2.63. The second-order valence-corrected chi connectivity index (χ2v) is 6.17. The summed E-state index contributed by atoms with van der Waals surface area (Å²) in [5.74, 6) is 1.03. The molecule has 4 heteroatoms. The van der Waals surface area contributed by atoms with Gasteiger partial charge in [-0.05, 0) is 41.0 Å². The van der Waals surface area contributed by atoms with Crippen LogP contribution in [-0.2, 0) is 13.1 Å². The molecule has 0 aliphatic rings. The van der Waals surface area contributed by atoms with E-state index in [0.717, 1.165) is 29.9 Å². The summed E-state index contributed by atoms with van der Waals surface area (Å²) in [5.41, 5.74) is 3.79. The van der Waals surface area contributed by atoms with Crippen molar-refractivity contribution in [3.05, 3.63) is 57.7 Å². The Labute approximate surface area is 135 Å². The number of halogens is 1. The summed E-state index contributed by atoms with van der Waals surface area (Å²) in [7, 11) is 2.09. The molecule has 0 bridgehead atoms. The van der Waals surface area contributed by atoms with Crippen LogP contribution in [0.5, 0.6) is 0 Å². The van der Waals surface area contributed by atoms with Gasteiger partial charge in [0.05, 0.1) is 0 Å². The first kappa shape index (κ1) is 16.0. The molecule has 0 unspecified atom stereocenters. The first-order valence-corrected chi connectivity index (χ1v) is 8.01. The van der Waals surface area contributed by atoms with Crippen molar-refractivity contribution in [3.8, 4) is 0 Å². The van der Waals surface area contributed by atoms with Crippen molar-refractivity contribution in [3.63, 3.8) is 0 Å². The molecule has 0 saturated carbocycles. The van der Waals surface area contributed by atoms with Gasteiger partial charge in [0.2, 0.25) is 0 Å². The van der Waals surface area contributed by atoms with Crippen LogP contribution in [0.4, 0.5) is 5.82 Å². The van der Waals surface area contributed by atoms with Crippen LogP contribution in [0.3, 0.4) is 0 Å². The van der Waals surface area contributed by atoms with Crippen molar-refractivity contribution >= 4 is 21.7 Å². The molecule has 1 heterocycles. The Hall–Kier alpha value is -1.39. The fourth-order valence-electron chi connectivity index (χ4n) is 2.25. The summed E-state index contributed by atoms with van der Waals surface area (Å²) >= 11 is 3.50. The van der Waals surface area contributed by atoms with Gasteiger partial charge in [-0.25, -0.2) is 4.98 Å². The van der Waals surface area contributed by atoms with Crippen LogP contribution in [0, 0.1) is 6.92 Å². The number of rotatable bonds is 6. The maximum absolute atomic E-state index is 4.58. The monoisotopic (exact) mass is 347 g/mol. The predicted octanol–water partition coefficient (Wildman–Crippen LogP) is 3.90. The number of benzene rings is 1. The highest BCUT2D eigenvalue weighted by atomic mass is 79.9. The molecule has 1 aromatic heterocycles. The van der Waals surface area contributed by atoms with Gasteiger partial charge in [0.25, 0.3) is 0 Å². The second kappa shape index (κ2) is 7.57. The number of nitrogens with one attached hydrogen (secondary N) is 1. The van der Waals surface area contributed by atoms with E-state index in [1.807, 2.05) is 6.20 Å². The van der Waals surface area contributed by atoms with Gasteiger partial charge >= 0.3 is 0 Å². The molecule has 0 aliphatic heterocycles. The Morgan fingerprint density at radius 3 is 2.62 bits per heavy atom. The van der Waals surface area contributed by atoms with Crippen molar-refractivity contribution in [1.29, 1.82) is 0 Å². The minimum absolute atomic E-state index is 0.830. The number of nitrogens with zero attached hydrogens (tertiary/aromatic N) is 2. The molecule has 0 atom stereocenters. The van der Waals surface area contributed by atoms with Gasteiger partial charge in [-0.1, -0.05) is 36.8 Å². The molecule has 2 aromatic rings. The summed E-state index contributed by atoms with van der Waals surface area (Å²) in [5, 5.41) is 3.37. The third-order valence-corrected chi connectivity index (χ3v) is 3.81. The van der Waals surface area contributed by atoms with Gasteiger partial charge < -0.3 is 10.2 Å². The van der Waals surface area contributed by atoms with Gasteiger partial charge in [-0.15, -0.1) is 0 Å². The maximum Gasteiger partial charge on any atom is 0.133 e. The molecular formula is C17H22BrN3. The van der Waals surface area contributed by atoms with Crippen LogP contribution in [0.15, 0.2) is 41.0 Å². The summed E-state index contributed by atoms with van der Waals surface area (Å²) in [6.07, 6.45) is 1.86. The minimum Gasteiger partial charge on any atom is -0.355 e. The van der Waals surface area contributed by atoms with Gasteiger partial charge in [0.15, 0.2) is 0 Å². The van der Waals surface area contributed by atoms with Gasteiger partial charge in [-0.3, -0.25) is 0 Å². The summed E-state index contributed by atoms with van der Waals surface area (Å²) in [6.45, 7) is 6.86. The van der Waals surface area contributed by atoms with Crippen LogP contribution in [-0.4, -0.2) is 18.6 Å². The van der Waals surface area contributed by atoms with Crippen molar-refractivity contribution in [1.82, 2.24) is 10.3 Å². The molecule has 0 aliphatic carbocycles.